The fourth-order valence-electron chi connectivity index (χ4n) is 2.56. The summed E-state index contributed by atoms with van der Waals surface area (Å²) in [6.45, 7) is 7.36. The highest BCUT2D eigenvalue weighted by Gasteiger charge is 2.16. The number of nitrogens with one attached hydrogen (secondary N) is 1. The van der Waals surface area contributed by atoms with Gasteiger partial charge in [0.05, 0.1) is 0 Å². The second-order valence-electron chi connectivity index (χ2n) is 5.61. The SMILES string of the molecule is Cc1cccc(CN(C)CCC(=O)N2CCNCC2)c1. The van der Waals surface area contributed by atoms with Crippen LogP contribution < -0.4 is 5.32 Å². The Labute approximate surface area is 121 Å². The van der Waals surface area contributed by atoms with Crippen molar-refractivity contribution in [1.29, 1.82) is 0 Å². The van der Waals surface area contributed by atoms with Crippen molar-refractivity contribution in [2.75, 3.05) is 39.8 Å². The Morgan fingerprint density at radius 2 is 2.10 bits per heavy atom. The van der Waals surface area contributed by atoms with Crippen molar-refractivity contribution in [3.8, 4) is 0 Å². The molecule has 1 fully saturated rings. The zero-order chi connectivity index (χ0) is 14.4. The van der Waals surface area contributed by atoms with Crippen LogP contribution in [0.25, 0.3) is 0 Å². The smallest absolute Gasteiger partial charge is 0.223 e. The predicted octanol–water partition coefficient (Wildman–Crippen LogP) is 1.25. The summed E-state index contributed by atoms with van der Waals surface area (Å²) in [5.41, 5.74) is 2.59. The second kappa shape index (κ2) is 7.41. The highest BCUT2D eigenvalue weighted by atomic mass is 16.2. The molecular weight excluding hydrogens is 250 g/mol. The fourth-order valence-corrected chi connectivity index (χ4v) is 2.56. The predicted molar refractivity (Wildman–Crippen MR) is 81.6 cm³/mol. The Morgan fingerprint density at radius 1 is 1.35 bits per heavy atom. The molecule has 1 aliphatic rings. The van der Waals surface area contributed by atoms with Crippen LogP contribution in [-0.4, -0.2) is 55.5 Å². The minimum Gasteiger partial charge on any atom is -0.340 e. The number of hydrogen-bond donors (Lipinski definition) is 1. The Bertz CT molecular complexity index is 441. The fraction of sp³-hybridized carbons (Fsp3) is 0.562. The molecule has 0 bridgehead atoms. The third-order valence-corrected chi connectivity index (χ3v) is 3.71. The lowest BCUT2D eigenvalue weighted by atomic mass is 10.1. The molecule has 20 heavy (non-hydrogen) atoms. The maximum absolute atomic E-state index is 12.1. The monoisotopic (exact) mass is 275 g/mol. The minimum absolute atomic E-state index is 0.280. The molecule has 1 aromatic carbocycles. The first kappa shape index (κ1) is 15.0. The van der Waals surface area contributed by atoms with Crippen molar-refractivity contribution in [2.45, 2.75) is 19.9 Å². The first-order chi connectivity index (χ1) is 9.65. The maximum Gasteiger partial charge on any atom is 0.223 e. The van der Waals surface area contributed by atoms with E-state index in [9.17, 15) is 4.79 Å². The van der Waals surface area contributed by atoms with Crippen LogP contribution in [0, 0.1) is 6.92 Å². The van der Waals surface area contributed by atoms with E-state index in [1.807, 2.05) is 4.90 Å². The Morgan fingerprint density at radius 3 is 2.80 bits per heavy atom. The van der Waals surface area contributed by atoms with Crippen LogP contribution in [0.1, 0.15) is 17.5 Å². The zero-order valence-electron chi connectivity index (χ0n) is 12.6. The van der Waals surface area contributed by atoms with Crippen molar-refractivity contribution in [2.24, 2.45) is 0 Å². The van der Waals surface area contributed by atoms with Gasteiger partial charge < -0.3 is 15.1 Å². The van der Waals surface area contributed by atoms with Crippen LogP contribution >= 0.6 is 0 Å². The molecule has 4 heteroatoms. The van der Waals surface area contributed by atoms with Gasteiger partial charge in [-0.1, -0.05) is 29.8 Å². The maximum atomic E-state index is 12.1. The molecule has 1 amide bonds. The molecule has 0 radical (unpaired) electrons. The van der Waals surface area contributed by atoms with Gasteiger partial charge in [0.2, 0.25) is 5.91 Å². The number of rotatable bonds is 5. The number of nitrogens with zero attached hydrogens (tertiary/aromatic N) is 2. The second-order valence-corrected chi connectivity index (χ2v) is 5.61. The summed E-state index contributed by atoms with van der Waals surface area (Å²) < 4.78 is 0. The van der Waals surface area contributed by atoms with E-state index in [2.05, 4.69) is 48.5 Å². The van der Waals surface area contributed by atoms with E-state index in [1.165, 1.54) is 11.1 Å². The molecule has 0 unspecified atom stereocenters. The summed E-state index contributed by atoms with van der Waals surface area (Å²) in [4.78, 5) is 16.3. The van der Waals surface area contributed by atoms with E-state index in [0.717, 1.165) is 39.3 Å². The molecular formula is C16H25N3O. The third kappa shape index (κ3) is 4.62. The average molecular weight is 275 g/mol. The number of carbonyl (C=O) groups is 1. The molecule has 4 nitrogen and oxygen atoms in total. The molecule has 0 aromatic heterocycles. The van der Waals surface area contributed by atoms with Crippen molar-refractivity contribution in [1.82, 2.24) is 15.1 Å². The van der Waals surface area contributed by atoms with Gasteiger partial charge in [-0.25, -0.2) is 0 Å². The van der Waals surface area contributed by atoms with E-state index in [1.54, 1.807) is 0 Å². The molecule has 0 aliphatic carbocycles. The zero-order valence-corrected chi connectivity index (χ0v) is 12.6. The molecule has 0 spiro atoms. The average Bonchev–Trinajstić information content (AvgIpc) is 2.46. The van der Waals surface area contributed by atoms with E-state index < -0.39 is 0 Å². The van der Waals surface area contributed by atoms with Crippen LogP contribution in [0.5, 0.6) is 0 Å². The Balaban J connectivity index is 1.74. The van der Waals surface area contributed by atoms with Crippen molar-refractivity contribution in [3.05, 3.63) is 35.4 Å². The van der Waals surface area contributed by atoms with Gasteiger partial charge in [-0.05, 0) is 19.5 Å². The number of aryl methyl sites for hydroxylation is 1. The number of hydrogen-bond acceptors (Lipinski definition) is 3. The molecule has 1 saturated heterocycles. The van der Waals surface area contributed by atoms with Gasteiger partial charge in [0.1, 0.15) is 0 Å². The van der Waals surface area contributed by atoms with E-state index in [4.69, 9.17) is 0 Å². The molecule has 1 aliphatic heterocycles. The molecule has 110 valence electrons. The van der Waals surface area contributed by atoms with Crippen LogP contribution in [0.2, 0.25) is 0 Å². The quantitative estimate of drug-likeness (QED) is 0.878. The molecule has 1 N–H and O–H groups in total. The Hall–Kier alpha value is -1.39. The Kier molecular flexibility index (Phi) is 5.56. The number of piperazine rings is 1. The molecule has 0 saturated carbocycles. The van der Waals surface area contributed by atoms with Crippen molar-refractivity contribution < 1.29 is 4.79 Å². The topological polar surface area (TPSA) is 35.6 Å². The normalized spacial score (nSPS) is 15.7. The summed E-state index contributed by atoms with van der Waals surface area (Å²) in [6.07, 6.45) is 0.613. The van der Waals surface area contributed by atoms with Gasteiger partial charge in [0.25, 0.3) is 0 Å². The van der Waals surface area contributed by atoms with Gasteiger partial charge in [0.15, 0.2) is 0 Å². The highest BCUT2D eigenvalue weighted by molar-refractivity contribution is 5.76. The first-order valence-corrected chi connectivity index (χ1v) is 7.38. The number of carbonyl (C=O) groups excluding carboxylic acids is 1. The lowest BCUT2D eigenvalue weighted by Crippen LogP contribution is -2.47. The number of amides is 1. The minimum atomic E-state index is 0.280. The molecule has 1 aromatic rings. The van der Waals surface area contributed by atoms with Crippen LogP contribution in [0.4, 0.5) is 0 Å². The van der Waals surface area contributed by atoms with Gasteiger partial charge in [-0.3, -0.25) is 4.79 Å². The van der Waals surface area contributed by atoms with E-state index in [-0.39, 0.29) is 5.91 Å². The highest BCUT2D eigenvalue weighted by Crippen LogP contribution is 2.07. The van der Waals surface area contributed by atoms with Crippen LogP contribution in [-0.2, 0) is 11.3 Å². The van der Waals surface area contributed by atoms with Gasteiger partial charge >= 0.3 is 0 Å². The summed E-state index contributed by atoms with van der Waals surface area (Å²) in [7, 11) is 2.08. The molecule has 0 atom stereocenters. The number of benzene rings is 1. The van der Waals surface area contributed by atoms with E-state index >= 15 is 0 Å². The van der Waals surface area contributed by atoms with E-state index in [0.29, 0.717) is 6.42 Å². The third-order valence-electron chi connectivity index (χ3n) is 3.71. The van der Waals surface area contributed by atoms with Crippen LogP contribution in [0.15, 0.2) is 24.3 Å². The summed E-state index contributed by atoms with van der Waals surface area (Å²) in [6, 6.07) is 8.54. The first-order valence-electron chi connectivity index (χ1n) is 7.38. The summed E-state index contributed by atoms with van der Waals surface area (Å²) in [5, 5.41) is 3.27. The summed E-state index contributed by atoms with van der Waals surface area (Å²) in [5.74, 6) is 0.280. The molecule has 2 rings (SSSR count). The lowest BCUT2D eigenvalue weighted by molar-refractivity contribution is -0.132. The van der Waals surface area contributed by atoms with Gasteiger partial charge in [-0.15, -0.1) is 0 Å². The van der Waals surface area contributed by atoms with Crippen LogP contribution in [0.3, 0.4) is 0 Å². The largest absolute Gasteiger partial charge is 0.340 e. The standard InChI is InChI=1S/C16H25N3O/c1-14-4-3-5-15(12-14)13-18(2)9-6-16(20)19-10-7-17-8-11-19/h3-5,12,17H,6-11,13H2,1-2H3. The molecule has 1 heterocycles. The van der Waals surface area contributed by atoms with Gasteiger partial charge in [-0.2, -0.15) is 0 Å². The lowest BCUT2D eigenvalue weighted by Gasteiger charge is -2.28. The summed E-state index contributed by atoms with van der Waals surface area (Å²) >= 11 is 0. The van der Waals surface area contributed by atoms with Crippen molar-refractivity contribution >= 4 is 5.91 Å². The van der Waals surface area contributed by atoms with Crippen molar-refractivity contribution in [3.63, 3.8) is 0 Å². The van der Waals surface area contributed by atoms with Gasteiger partial charge in [0, 0.05) is 45.7 Å².